The quantitative estimate of drug-likeness (QED) is 0.872. The lowest BCUT2D eigenvalue weighted by atomic mass is 10.0. The Kier molecular flexibility index (Phi) is 3.95. The lowest BCUT2D eigenvalue weighted by Crippen LogP contribution is -2.35. The average Bonchev–Trinajstić information content (AvgIpc) is 3.02. The van der Waals surface area contributed by atoms with Gasteiger partial charge in [-0.3, -0.25) is 0 Å². The highest BCUT2D eigenvalue weighted by molar-refractivity contribution is 5.36. The largest absolute Gasteiger partial charge is 0.372 e. The predicted molar refractivity (Wildman–Crippen MR) is 86.3 cm³/mol. The minimum atomic E-state index is 0.180. The minimum Gasteiger partial charge on any atom is -0.372 e. The van der Waals surface area contributed by atoms with Gasteiger partial charge in [0.1, 0.15) is 0 Å². The summed E-state index contributed by atoms with van der Waals surface area (Å²) < 4.78 is 8.15. The van der Waals surface area contributed by atoms with E-state index in [1.54, 1.807) is 0 Å². The Morgan fingerprint density at radius 1 is 1.09 bits per heavy atom. The van der Waals surface area contributed by atoms with E-state index in [1.807, 2.05) is 12.3 Å². The Balaban J connectivity index is 1.58. The summed E-state index contributed by atoms with van der Waals surface area (Å²) in [6.45, 7) is 4.22. The van der Waals surface area contributed by atoms with Crippen molar-refractivity contribution in [3.05, 3.63) is 47.8 Å². The van der Waals surface area contributed by atoms with Crippen molar-refractivity contribution in [2.24, 2.45) is 0 Å². The summed E-state index contributed by atoms with van der Waals surface area (Å²) in [4.78, 5) is 2.54. The molecule has 1 unspecified atom stereocenters. The molecular weight excluding hydrogens is 274 g/mol. The summed E-state index contributed by atoms with van der Waals surface area (Å²) in [6, 6.07) is 10.4. The van der Waals surface area contributed by atoms with Gasteiger partial charge in [-0.05, 0) is 38.1 Å². The maximum Gasteiger partial charge on any atom is 0.0985 e. The summed E-state index contributed by atoms with van der Waals surface area (Å²) >= 11 is 0. The van der Waals surface area contributed by atoms with Crippen molar-refractivity contribution in [3.8, 4) is 5.69 Å². The van der Waals surface area contributed by atoms with Crippen LogP contribution in [-0.2, 0) is 11.2 Å². The third-order valence-corrected chi connectivity index (χ3v) is 4.78. The average molecular weight is 297 g/mol. The number of aromatic nitrogens is 2. The molecule has 2 aromatic rings. The molecule has 1 aromatic heterocycles. The molecule has 0 N–H and O–H groups in total. The number of para-hydroxylation sites is 1. The first-order valence-corrected chi connectivity index (χ1v) is 8.38. The SMILES string of the molecule is c1ccc(-n2ncc3c2CCOC3CN2CCCCC2)cc1. The number of fused-ring (bicyclic) bond motifs is 1. The van der Waals surface area contributed by atoms with E-state index >= 15 is 0 Å². The van der Waals surface area contributed by atoms with Crippen molar-refractivity contribution in [3.63, 3.8) is 0 Å². The van der Waals surface area contributed by atoms with Crippen molar-refractivity contribution in [1.82, 2.24) is 14.7 Å². The molecule has 1 aromatic carbocycles. The van der Waals surface area contributed by atoms with Crippen LogP contribution in [0.5, 0.6) is 0 Å². The van der Waals surface area contributed by atoms with E-state index in [2.05, 4.69) is 38.9 Å². The van der Waals surface area contributed by atoms with Crippen molar-refractivity contribution in [1.29, 1.82) is 0 Å². The number of rotatable bonds is 3. The Hall–Kier alpha value is -1.65. The normalized spacial score (nSPS) is 22.5. The number of likely N-dealkylation sites (tertiary alicyclic amines) is 1. The lowest BCUT2D eigenvalue weighted by Gasteiger charge is -2.32. The second-order valence-corrected chi connectivity index (χ2v) is 6.26. The summed E-state index contributed by atoms with van der Waals surface area (Å²) in [7, 11) is 0. The minimum absolute atomic E-state index is 0.180. The summed E-state index contributed by atoms with van der Waals surface area (Å²) in [5.41, 5.74) is 3.74. The maximum atomic E-state index is 6.06. The molecule has 4 nitrogen and oxygen atoms in total. The molecule has 0 spiro atoms. The third kappa shape index (κ3) is 2.69. The summed E-state index contributed by atoms with van der Waals surface area (Å²) in [6.07, 6.45) is 7.15. The van der Waals surface area contributed by atoms with E-state index in [1.165, 1.54) is 43.6 Å². The van der Waals surface area contributed by atoms with Gasteiger partial charge in [0.25, 0.3) is 0 Å². The van der Waals surface area contributed by atoms with Crippen molar-refractivity contribution >= 4 is 0 Å². The summed E-state index contributed by atoms with van der Waals surface area (Å²) in [5, 5.41) is 4.63. The highest BCUT2D eigenvalue weighted by Crippen LogP contribution is 2.30. The van der Waals surface area contributed by atoms with Gasteiger partial charge in [-0.2, -0.15) is 5.10 Å². The number of hydrogen-bond acceptors (Lipinski definition) is 3. The summed E-state index contributed by atoms with van der Waals surface area (Å²) in [5.74, 6) is 0. The van der Waals surface area contributed by atoms with E-state index in [0.29, 0.717) is 0 Å². The lowest BCUT2D eigenvalue weighted by molar-refractivity contribution is 0.0115. The zero-order valence-corrected chi connectivity index (χ0v) is 12.9. The van der Waals surface area contributed by atoms with E-state index in [0.717, 1.165) is 25.3 Å². The molecule has 1 atom stereocenters. The fourth-order valence-electron chi connectivity index (χ4n) is 3.61. The van der Waals surface area contributed by atoms with E-state index in [-0.39, 0.29) is 6.10 Å². The maximum absolute atomic E-state index is 6.06. The fourth-order valence-corrected chi connectivity index (χ4v) is 3.61. The van der Waals surface area contributed by atoms with Gasteiger partial charge < -0.3 is 9.64 Å². The smallest absolute Gasteiger partial charge is 0.0985 e. The molecule has 22 heavy (non-hydrogen) atoms. The molecular formula is C18H23N3O. The zero-order chi connectivity index (χ0) is 14.8. The van der Waals surface area contributed by atoms with Gasteiger partial charge in [0.05, 0.1) is 30.3 Å². The van der Waals surface area contributed by atoms with Crippen LogP contribution in [0.2, 0.25) is 0 Å². The van der Waals surface area contributed by atoms with Crippen LogP contribution in [0.15, 0.2) is 36.5 Å². The van der Waals surface area contributed by atoms with Gasteiger partial charge in [-0.1, -0.05) is 24.6 Å². The van der Waals surface area contributed by atoms with Gasteiger partial charge >= 0.3 is 0 Å². The second-order valence-electron chi connectivity index (χ2n) is 6.26. The molecule has 1 saturated heterocycles. The molecule has 1 fully saturated rings. The molecule has 0 aliphatic carbocycles. The van der Waals surface area contributed by atoms with Crippen LogP contribution in [-0.4, -0.2) is 40.9 Å². The Morgan fingerprint density at radius 3 is 2.73 bits per heavy atom. The van der Waals surface area contributed by atoms with Crippen LogP contribution >= 0.6 is 0 Å². The van der Waals surface area contributed by atoms with Gasteiger partial charge in [-0.25, -0.2) is 4.68 Å². The molecule has 0 amide bonds. The molecule has 0 bridgehead atoms. The van der Waals surface area contributed by atoms with Crippen LogP contribution in [0.4, 0.5) is 0 Å². The number of benzene rings is 1. The van der Waals surface area contributed by atoms with E-state index < -0.39 is 0 Å². The van der Waals surface area contributed by atoms with Gasteiger partial charge in [0.2, 0.25) is 0 Å². The third-order valence-electron chi connectivity index (χ3n) is 4.78. The first kappa shape index (κ1) is 14.0. The topological polar surface area (TPSA) is 30.3 Å². The first-order chi connectivity index (χ1) is 10.9. The number of ether oxygens (including phenoxy) is 1. The van der Waals surface area contributed by atoms with Crippen LogP contribution < -0.4 is 0 Å². The van der Waals surface area contributed by atoms with Crippen molar-refractivity contribution in [2.45, 2.75) is 31.8 Å². The van der Waals surface area contributed by atoms with E-state index in [9.17, 15) is 0 Å². The van der Waals surface area contributed by atoms with Crippen LogP contribution in [0.3, 0.4) is 0 Å². The molecule has 2 aliphatic heterocycles. The molecule has 116 valence electrons. The Bertz CT molecular complexity index is 617. The zero-order valence-electron chi connectivity index (χ0n) is 12.9. The molecule has 4 heteroatoms. The van der Waals surface area contributed by atoms with Crippen molar-refractivity contribution in [2.75, 3.05) is 26.2 Å². The second kappa shape index (κ2) is 6.23. The number of piperidine rings is 1. The number of hydrogen-bond donors (Lipinski definition) is 0. The van der Waals surface area contributed by atoms with Gasteiger partial charge in [-0.15, -0.1) is 0 Å². The Morgan fingerprint density at radius 2 is 1.91 bits per heavy atom. The number of nitrogens with zero attached hydrogens (tertiary/aromatic N) is 3. The van der Waals surface area contributed by atoms with E-state index in [4.69, 9.17) is 4.74 Å². The van der Waals surface area contributed by atoms with Crippen LogP contribution in [0.1, 0.15) is 36.6 Å². The predicted octanol–water partition coefficient (Wildman–Crippen LogP) is 2.97. The molecule has 0 radical (unpaired) electrons. The van der Waals surface area contributed by atoms with Crippen LogP contribution in [0, 0.1) is 0 Å². The first-order valence-electron chi connectivity index (χ1n) is 8.38. The molecule has 0 saturated carbocycles. The monoisotopic (exact) mass is 297 g/mol. The molecule has 4 rings (SSSR count). The molecule has 2 aliphatic rings. The van der Waals surface area contributed by atoms with Gasteiger partial charge in [0, 0.05) is 18.5 Å². The Labute approximate surface area is 131 Å². The molecule has 3 heterocycles. The van der Waals surface area contributed by atoms with Gasteiger partial charge in [0.15, 0.2) is 0 Å². The van der Waals surface area contributed by atoms with Crippen LogP contribution in [0.25, 0.3) is 5.69 Å². The highest BCUT2D eigenvalue weighted by atomic mass is 16.5. The highest BCUT2D eigenvalue weighted by Gasteiger charge is 2.27. The standard InChI is InChI=1S/C18H23N3O/c1-3-7-15(8-4-1)21-17-9-12-22-18(16(17)13-19-21)14-20-10-5-2-6-11-20/h1,3-4,7-8,13,18H,2,5-6,9-12,14H2. The van der Waals surface area contributed by atoms with Crippen molar-refractivity contribution < 1.29 is 4.74 Å². The fraction of sp³-hybridized carbons (Fsp3) is 0.500.